The number of hydrogen-bond donors (Lipinski definition) is 0. The van der Waals surface area contributed by atoms with Gasteiger partial charge in [-0.15, -0.1) is 0 Å². The predicted molar refractivity (Wildman–Crippen MR) is 111 cm³/mol. The number of ether oxygens (including phenoxy) is 1. The van der Waals surface area contributed by atoms with Crippen molar-refractivity contribution in [2.75, 3.05) is 13.7 Å². The Labute approximate surface area is 165 Å². The van der Waals surface area contributed by atoms with Crippen molar-refractivity contribution < 1.29 is 9.53 Å². The summed E-state index contributed by atoms with van der Waals surface area (Å²) in [4.78, 5) is 17.2. The van der Waals surface area contributed by atoms with E-state index < -0.39 is 0 Å². The Kier molecular flexibility index (Phi) is 4.75. The van der Waals surface area contributed by atoms with Crippen molar-refractivity contribution in [1.82, 2.24) is 9.78 Å². The monoisotopic (exact) mass is 375 g/mol. The fraction of sp³-hybridized carbons (Fsp3) is 0.348. The molecule has 0 radical (unpaired) electrons. The number of methoxy groups -OCH3 is 1. The van der Waals surface area contributed by atoms with E-state index in [1.807, 2.05) is 31.2 Å². The van der Waals surface area contributed by atoms with E-state index in [1.165, 1.54) is 11.1 Å². The van der Waals surface area contributed by atoms with Gasteiger partial charge in [0.05, 0.1) is 25.0 Å². The average molecular weight is 375 g/mol. The molecule has 5 nitrogen and oxygen atoms in total. The van der Waals surface area contributed by atoms with Gasteiger partial charge in [0.1, 0.15) is 5.75 Å². The maximum Gasteiger partial charge on any atom is 0.271 e. The Morgan fingerprint density at radius 1 is 1.18 bits per heavy atom. The SMILES string of the molecule is COc1cccc(-c2nn3c(c2C)CC(CCC2=C(C)CN=C2C)=CC3=O)c1. The van der Waals surface area contributed by atoms with E-state index in [0.29, 0.717) is 0 Å². The molecule has 3 heterocycles. The van der Waals surface area contributed by atoms with Gasteiger partial charge in [0.15, 0.2) is 0 Å². The summed E-state index contributed by atoms with van der Waals surface area (Å²) >= 11 is 0. The second kappa shape index (κ2) is 7.23. The molecule has 0 atom stereocenters. The minimum Gasteiger partial charge on any atom is -0.497 e. The lowest BCUT2D eigenvalue weighted by Crippen LogP contribution is -2.19. The molecule has 5 heteroatoms. The zero-order valence-electron chi connectivity index (χ0n) is 16.9. The van der Waals surface area contributed by atoms with Gasteiger partial charge in [-0.1, -0.05) is 17.7 Å². The highest BCUT2D eigenvalue weighted by Gasteiger charge is 2.25. The molecular weight excluding hydrogens is 350 g/mol. The fourth-order valence-corrected chi connectivity index (χ4v) is 4.04. The molecule has 0 fully saturated rings. The molecule has 0 saturated heterocycles. The molecule has 0 saturated carbocycles. The largest absolute Gasteiger partial charge is 0.497 e. The number of carbonyl (C=O) groups excluding carboxylic acids is 1. The molecule has 0 bridgehead atoms. The van der Waals surface area contributed by atoms with Crippen molar-refractivity contribution >= 4 is 11.6 Å². The molecule has 0 N–H and O–H groups in total. The van der Waals surface area contributed by atoms with Crippen LogP contribution in [0.2, 0.25) is 0 Å². The molecule has 0 aliphatic carbocycles. The summed E-state index contributed by atoms with van der Waals surface area (Å²) in [5, 5.41) is 4.61. The van der Waals surface area contributed by atoms with Gasteiger partial charge in [-0.25, -0.2) is 4.68 Å². The van der Waals surface area contributed by atoms with Gasteiger partial charge in [0, 0.05) is 23.8 Å². The highest BCUT2D eigenvalue weighted by molar-refractivity contribution is 6.00. The van der Waals surface area contributed by atoms with Crippen molar-refractivity contribution in [3.63, 3.8) is 0 Å². The van der Waals surface area contributed by atoms with Crippen LogP contribution in [-0.2, 0) is 6.42 Å². The highest BCUT2D eigenvalue weighted by Crippen LogP contribution is 2.32. The van der Waals surface area contributed by atoms with E-state index in [-0.39, 0.29) is 5.91 Å². The van der Waals surface area contributed by atoms with Crippen LogP contribution < -0.4 is 4.74 Å². The van der Waals surface area contributed by atoms with Crippen LogP contribution in [0.1, 0.15) is 42.7 Å². The first-order valence-corrected chi connectivity index (χ1v) is 9.64. The summed E-state index contributed by atoms with van der Waals surface area (Å²) in [6.07, 6.45) is 4.34. The standard InChI is InChI=1S/C23H25N3O2/c1-14-13-24-16(3)20(14)9-8-17-10-21-15(2)23(25-26(21)22(27)11-17)18-6-5-7-19(12-18)28-4/h5-7,11-12H,8-10,13H2,1-4H3. The van der Waals surface area contributed by atoms with Crippen molar-refractivity contribution in [1.29, 1.82) is 0 Å². The molecule has 2 aliphatic heterocycles. The quantitative estimate of drug-likeness (QED) is 0.770. The van der Waals surface area contributed by atoms with E-state index in [1.54, 1.807) is 17.9 Å². The lowest BCUT2D eigenvalue weighted by molar-refractivity contribution is 0.0945. The Hall–Kier alpha value is -2.95. The lowest BCUT2D eigenvalue weighted by Gasteiger charge is -2.15. The highest BCUT2D eigenvalue weighted by atomic mass is 16.5. The summed E-state index contributed by atoms with van der Waals surface area (Å²) < 4.78 is 6.88. The van der Waals surface area contributed by atoms with Gasteiger partial charge >= 0.3 is 0 Å². The number of benzene rings is 1. The van der Waals surface area contributed by atoms with Crippen LogP contribution in [0, 0.1) is 6.92 Å². The minimum atomic E-state index is -0.0593. The molecule has 0 amide bonds. The number of aromatic nitrogens is 2. The smallest absolute Gasteiger partial charge is 0.271 e. The zero-order chi connectivity index (χ0) is 19.8. The lowest BCUT2D eigenvalue weighted by atomic mass is 9.94. The van der Waals surface area contributed by atoms with Crippen LogP contribution in [0.5, 0.6) is 5.75 Å². The molecule has 1 aromatic heterocycles. The topological polar surface area (TPSA) is 56.5 Å². The molecule has 2 aromatic rings. The second-order valence-electron chi connectivity index (χ2n) is 7.54. The summed E-state index contributed by atoms with van der Waals surface area (Å²) in [6.45, 7) is 7.08. The van der Waals surface area contributed by atoms with Crippen LogP contribution >= 0.6 is 0 Å². The maximum absolute atomic E-state index is 12.7. The predicted octanol–water partition coefficient (Wildman–Crippen LogP) is 4.56. The third kappa shape index (κ3) is 3.21. The zero-order valence-corrected chi connectivity index (χ0v) is 16.9. The van der Waals surface area contributed by atoms with Crippen LogP contribution in [-0.4, -0.2) is 35.1 Å². The van der Waals surface area contributed by atoms with E-state index in [9.17, 15) is 4.79 Å². The second-order valence-corrected chi connectivity index (χ2v) is 7.54. The van der Waals surface area contributed by atoms with Gasteiger partial charge in [-0.05, 0) is 62.5 Å². The van der Waals surface area contributed by atoms with Crippen molar-refractivity contribution in [3.05, 3.63) is 58.3 Å². The third-order valence-corrected chi connectivity index (χ3v) is 5.72. The van der Waals surface area contributed by atoms with Crippen LogP contribution in [0.25, 0.3) is 11.3 Å². The van der Waals surface area contributed by atoms with Gasteiger partial charge in [0.25, 0.3) is 5.91 Å². The Balaban J connectivity index is 1.58. The van der Waals surface area contributed by atoms with E-state index in [0.717, 1.165) is 65.4 Å². The van der Waals surface area contributed by atoms with Crippen LogP contribution in [0.3, 0.4) is 0 Å². The molecule has 2 aliphatic rings. The minimum absolute atomic E-state index is 0.0593. The fourth-order valence-electron chi connectivity index (χ4n) is 4.04. The van der Waals surface area contributed by atoms with Gasteiger partial charge in [-0.3, -0.25) is 9.79 Å². The average Bonchev–Trinajstić information content (AvgIpc) is 3.20. The number of carbonyl (C=O) groups is 1. The number of allylic oxidation sites excluding steroid dienone is 3. The molecule has 0 unspecified atom stereocenters. The van der Waals surface area contributed by atoms with E-state index in [4.69, 9.17) is 4.74 Å². The Morgan fingerprint density at radius 3 is 2.71 bits per heavy atom. The van der Waals surface area contributed by atoms with Gasteiger partial charge in [-0.2, -0.15) is 5.10 Å². The number of nitrogens with zero attached hydrogens (tertiary/aromatic N) is 3. The molecule has 28 heavy (non-hydrogen) atoms. The summed E-state index contributed by atoms with van der Waals surface area (Å²) in [5.74, 6) is 0.723. The number of hydrogen-bond acceptors (Lipinski definition) is 4. The summed E-state index contributed by atoms with van der Waals surface area (Å²) in [7, 11) is 1.65. The van der Waals surface area contributed by atoms with E-state index >= 15 is 0 Å². The maximum atomic E-state index is 12.7. The summed E-state index contributed by atoms with van der Waals surface area (Å²) in [6, 6.07) is 7.81. The normalized spacial score (nSPS) is 16.2. The van der Waals surface area contributed by atoms with E-state index in [2.05, 4.69) is 23.9 Å². The van der Waals surface area contributed by atoms with Crippen LogP contribution in [0.4, 0.5) is 0 Å². The Morgan fingerprint density at radius 2 is 2.00 bits per heavy atom. The Bertz CT molecular complexity index is 1050. The third-order valence-electron chi connectivity index (χ3n) is 5.72. The molecule has 144 valence electrons. The number of aliphatic imine (C=N–C) groups is 1. The van der Waals surface area contributed by atoms with Crippen LogP contribution in [0.15, 0.2) is 52.1 Å². The number of fused-ring (bicyclic) bond motifs is 1. The van der Waals surface area contributed by atoms with Gasteiger partial charge < -0.3 is 4.74 Å². The number of rotatable bonds is 5. The molecule has 0 spiro atoms. The summed E-state index contributed by atoms with van der Waals surface area (Å²) in [5.41, 5.74) is 8.85. The molecule has 1 aromatic carbocycles. The van der Waals surface area contributed by atoms with Crippen molar-refractivity contribution in [2.24, 2.45) is 4.99 Å². The molecular formula is C23H25N3O2. The first-order chi connectivity index (χ1) is 13.5. The molecule has 4 rings (SSSR count). The van der Waals surface area contributed by atoms with Crippen molar-refractivity contribution in [2.45, 2.75) is 40.0 Å². The first-order valence-electron chi connectivity index (χ1n) is 9.64. The van der Waals surface area contributed by atoms with Gasteiger partial charge in [0.2, 0.25) is 0 Å². The van der Waals surface area contributed by atoms with Crippen molar-refractivity contribution in [3.8, 4) is 17.0 Å². The first kappa shape index (κ1) is 18.4.